The van der Waals surface area contributed by atoms with Crippen LogP contribution in [0.1, 0.15) is 6.42 Å². The normalized spacial score (nSPS) is 10.3. The minimum Gasteiger partial charge on any atom is -0.330 e. The van der Waals surface area contributed by atoms with Crippen LogP contribution in [0.15, 0.2) is 41.9 Å². The summed E-state index contributed by atoms with van der Waals surface area (Å²) in [5, 5.41) is 3.02. The summed E-state index contributed by atoms with van der Waals surface area (Å²) in [6.45, 7) is 1.61. The third kappa shape index (κ3) is 2.59. The van der Waals surface area contributed by atoms with Crippen LogP contribution in [-0.4, -0.2) is 18.1 Å². The Bertz CT molecular complexity index is 399. The molecule has 1 heterocycles. The monoisotopic (exact) mass is 233 g/mol. The molecule has 0 spiro atoms. The van der Waals surface area contributed by atoms with Gasteiger partial charge in [-0.2, -0.15) is 0 Å². The average molecular weight is 233 g/mol. The molecule has 84 valence electrons. The molecule has 16 heavy (non-hydrogen) atoms. The highest BCUT2D eigenvalue weighted by Gasteiger charge is 2.10. The van der Waals surface area contributed by atoms with E-state index in [1.54, 1.807) is 11.3 Å². The predicted molar refractivity (Wildman–Crippen MR) is 69.2 cm³/mol. The Morgan fingerprint density at radius 1 is 1.25 bits per heavy atom. The van der Waals surface area contributed by atoms with Crippen molar-refractivity contribution >= 4 is 22.2 Å². The lowest BCUT2D eigenvalue weighted by Gasteiger charge is -2.21. The number of thiazole rings is 1. The van der Waals surface area contributed by atoms with Gasteiger partial charge in [-0.3, -0.25) is 0 Å². The lowest BCUT2D eigenvalue weighted by Crippen LogP contribution is -2.20. The van der Waals surface area contributed by atoms with Crippen LogP contribution in [0.25, 0.3) is 0 Å². The predicted octanol–water partition coefficient (Wildman–Crippen LogP) is 2.63. The number of nitrogens with two attached hydrogens (primary N) is 1. The molecule has 2 aromatic rings. The molecule has 0 aliphatic rings. The number of benzene rings is 1. The number of para-hydroxylation sites is 1. The summed E-state index contributed by atoms with van der Waals surface area (Å²) in [6.07, 6.45) is 2.80. The minimum atomic E-state index is 0.703. The number of nitrogens with zero attached hydrogens (tertiary/aromatic N) is 2. The Balaban J connectivity index is 2.21. The lowest BCUT2D eigenvalue weighted by molar-refractivity contribution is 0.816. The highest BCUT2D eigenvalue weighted by Crippen LogP contribution is 2.26. The highest BCUT2D eigenvalue weighted by atomic mass is 32.1. The van der Waals surface area contributed by atoms with Crippen LogP contribution < -0.4 is 10.6 Å². The first-order chi connectivity index (χ1) is 7.92. The van der Waals surface area contributed by atoms with Crippen LogP contribution in [0, 0.1) is 0 Å². The summed E-state index contributed by atoms with van der Waals surface area (Å²) in [5.41, 5.74) is 6.74. The van der Waals surface area contributed by atoms with Gasteiger partial charge in [-0.05, 0) is 25.1 Å². The van der Waals surface area contributed by atoms with E-state index in [-0.39, 0.29) is 0 Å². The van der Waals surface area contributed by atoms with Crippen molar-refractivity contribution < 1.29 is 0 Å². The number of hydrogen-bond donors (Lipinski definition) is 1. The van der Waals surface area contributed by atoms with Gasteiger partial charge in [-0.25, -0.2) is 4.98 Å². The van der Waals surface area contributed by atoms with Crippen LogP contribution in [0.3, 0.4) is 0 Å². The van der Waals surface area contributed by atoms with E-state index < -0.39 is 0 Å². The largest absolute Gasteiger partial charge is 0.330 e. The molecule has 3 nitrogen and oxygen atoms in total. The van der Waals surface area contributed by atoms with Crippen LogP contribution in [0.4, 0.5) is 10.8 Å². The first-order valence-corrected chi connectivity index (χ1v) is 6.22. The maximum atomic E-state index is 5.56. The van der Waals surface area contributed by atoms with Crippen LogP contribution in [-0.2, 0) is 0 Å². The molecule has 0 unspecified atom stereocenters. The van der Waals surface area contributed by atoms with Gasteiger partial charge in [0.2, 0.25) is 0 Å². The van der Waals surface area contributed by atoms with Crippen LogP contribution in [0.2, 0.25) is 0 Å². The van der Waals surface area contributed by atoms with Gasteiger partial charge in [0.05, 0.1) is 0 Å². The molecule has 0 aliphatic carbocycles. The third-order valence-electron chi connectivity index (χ3n) is 2.30. The van der Waals surface area contributed by atoms with E-state index in [2.05, 4.69) is 22.0 Å². The molecular formula is C12H15N3S. The summed E-state index contributed by atoms with van der Waals surface area (Å²) in [7, 11) is 0. The molecule has 0 amide bonds. The number of rotatable bonds is 5. The summed E-state index contributed by atoms with van der Waals surface area (Å²) in [5.74, 6) is 0. The second-order valence-electron chi connectivity index (χ2n) is 3.44. The fourth-order valence-corrected chi connectivity index (χ4v) is 2.23. The molecule has 0 saturated carbocycles. The molecule has 0 radical (unpaired) electrons. The van der Waals surface area contributed by atoms with Gasteiger partial charge in [-0.1, -0.05) is 18.2 Å². The third-order valence-corrected chi connectivity index (χ3v) is 3.10. The standard InChI is InChI=1S/C12H15N3S/c13-7-4-9-15(12-14-8-10-16-12)11-5-2-1-3-6-11/h1-3,5-6,8,10H,4,7,9,13H2. The van der Waals surface area contributed by atoms with E-state index in [9.17, 15) is 0 Å². The molecule has 0 bridgehead atoms. The van der Waals surface area contributed by atoms with Crippen molar-refractivity contribution in [2.45, 2.75) is 6.42 Å². The molecule has 0 fully saturated rings. The fraction of sp³-hybridized carbons (Fsp3) is 0.250. The van der Waals surface area contributed by atoms with E-state index in [0.29, 0.717) is 6.54 Å². The summed E-state index contributed by atoms with van der Waals surface area (Å²) in [6, 6.07) is 10.3. The average Bonchev–Trinajstić information content (AvgIpc) is 2.85. The summed E-state index contributed by atoms with van der Waals surface area (Å²) in [4.78, 5) is 6.56. The van der Waals surface area contributed by atoms with Crippen molar-refractivity contribution in [2.75, 3.05) is 18.0 Å². The minimum absolute atomic E-state index is 0.703. The maximum absolute atomic E-state index is 5.56. The van der Waals surface area contributed by atoms with Crippen LogP contribution >= 0.6 is 11.3 Å². The Kier molecular flexibility index (Phi) is 3.91. The Morgan fingerprint density at radius 2 is 2.06 bits per heavy atom. The van der Waals surface area contributed by atoms with Crippen molar-refractivity contribution in [3.8, 4) is 0 Å². The zero-order valence-corrected chi connectivity index (χ0v) is 9.86. The van der Waals surface area contributed by atoms with Gasteiger partial charge in [0, 0.05) is 23.8 Å². The first kappa shape index (κ1) is 11.1. The smallest absolute Gasteiger partial charge is 0.189 e. The Hall–Kier alpha value is -1.39. The topological polar surface area (TPSA) is 42.1 Å². The summed E-state index contributed by atoms with van der Waals surface area (Å²) >= 11 is 1.65. The van der Waals surface area contributed by atoms with E-state index in [4.69, 9.17) is 5.73 Å². The molecule has 1 aromatic heterocycles. The van der Waals surface area contributed by atoms with E-state index in [1.165, 1.54) is 5.69 Å². The Morgan fingerprint density at radius 3 is 2.69 bits per heavy atom. The van der Waals surface area contributed by atoms with Gasteiger partial charge in [0.15, 0.2) is 5.13 Å². The number of hydrogen-bond acceptors (Lipinski definition) is 4. The van der Waals surface area contributed by atoms with Gasteiger partial charge >= 0.3 is 0 Å². The SMILES string of the molecule is NCCCN(c1ccccc1)c1nccs1. The molecule has 0 aliphatic heterocycles. The van der Waals surface area contributed by atoms with E-state index in [0.717, 1.165) is 18.1 Å². The zero-order valence-electron chi connectivity index (χ0n) is 9.04. The number of aromatic nitrogens is 1. The van der Waals surface area contributed by atoms with Gasteiger partial charge in [0.1, 0.15) is 0 Å². The van der Waals surface area contributed by atoms with Gasteiger partial charge < -0.3 is 10.6 Å². The van der Waals surface area contributed by atoms with E-state index >= 15 is 0 Å². The molecule has 0 atom stereocenters. The first-order valence-electron chi connectivity index (χ1n) is 5.34. The van der Waals surface area contributed by atoms with Crippen molar-refractivity contribution in [1.29, 1.82) is 0 Å². The molecule has 4 heteroatoms. The number of anilines is 2. The molecular weight excluding hydrogens is 218 g/mol. The molecule has 1 aromatic carbocycles. The van der Waals surface area contributed by atoms with E-state index in [1.807, 2.05) is 29.8 Å². The van der Waals surface area contributed by atoms with Gasteiger partial charge in [0.25, 0.3) is 0 Å². The van der Waals surface area contributed by atoms with Crippen molar-refractivity contribution in [2.24, 2.45) is 5.73 Å². The second kappa shape index (κ2) is 5.63. The fourth-order valence-electron chi connectivity index (χ4n) is 1.54. The van der Waals surface area contributed by atoms with Crippen molar-refractivity contribution in [3.63, 3.8) is 0 Å². The zero-order chi connectivity index (χ0) is 11.2. The molecule has 2 rings (SSSR count). The van der Waals surface area contributed by atoms with Crippen molar-refractivity contribution in [3.05, 3.63) is 41.9 Å². The van der Waals surface area contributed by atoms with Crippen molar-refractivity contribution in [1.82, 2.24) is 4.98 Å². The van der Waals surface area contributed by atoms with Crippen LogP contribution in [0.5, 0.6) is 0 Å². The summed E-state index contributed by atoms with van der Waals surface area (Å²) < 4.78 is 0. The van der Waals surface area contributed by atoms with Gasteiger partial charge in [-0.15, -0.1) is 11.3 Å². The maximum Gasteiger partial charge on any atom is 0.189 e. The highest BCUT2D eigenvalue weighted by molar-refractivity contribution is 7.13. The Labute approximate surface area is 99.5 Å². The molecule has 0 saturated heterocycles. The lowest BCUT2D eigenvalue weighted by atomic mass is 10.3. The molecule has 2 N–H and O–H groups in total. The second-order valence-corrected chi connectivity index (χ2v) is 4.32. The quantitative estimate of drug-likeness (QED) is 0.863.